The standard InChI is InChI=1S/C16H20N2O3/c1-2-16(20)21-7-6-17-9-12-8-13(11-17)14-4-3-5-15(19)18(14)10-12/h2-5,12-13H,1,6-11H2/t12-,13+/m1/s1. The van der Waals surface area contributed by atoms with Crippen LogP contribution in [0, 0.1) is 5.92 Å². The number of piperidine rings is 1. The van der Waals surface area contributed by atoms with Crippen LogP contribution < -0.4 is 5.56 Å². The molecular formula is C16H20N2O3. The van der Waals surface area contributed by atoms with E-state index in [9.17, 15) is 9.59 Å². The Bertz CT molecular complexity index is 608. The number of carbonyl (C=O) groups excluding carboxylic acids is 1. The molecule has 5 heteroatoms. The molecule has 2 bridgehead atoms. The molecule has 1 aromatic rings. The van der Waals surface area contributed by atoms with Crippen molar-refractivity contribution in [1.82, 2.24) is 9.47 Å². The topological polar surface area (TPSA) is 51.5 Å². The predicted octanol–water partition coefficient (Wildman–Crippen LogP) is 0.997. The van der Waals surface area contributed by atoms with Gasteiger partial charge in [0, 0.05) is 49.9 Å². The Hall–Kier alpha value is -1.88. The molecular weight excluding hydrogens is 268 g/mol. The quantitative estimate of drug-likeness (QED) is 0.612. The number of pyridine rings is 1. The zero-order valence-electron chi connectivity index (χ0n) is 12.0. The van der Waals surface area contributed by atoms with E-state index in [-0.39, 0.29) is 11.5 Å². The summed E-state index contributed by atoms with van der Waals surface area (Å²) >= 11 is 0. The van der Waals surface area contributed by atoms with Crippen molar-refractivity contribution in [2.45, 2.75) is 18.9 Å². The van der Waals surface area contributed by atoms with E-state index in [1.54, 1.807) is 6.07 Å². The molecule has 0 unspecified atom stereocenters. The molecule has 0 aliphatic carbocycles. The largest absolute Gasteiger partial charge is 0.461 e. The highest BCUT2D eigenvalue weighted by Crippen LogP contribution is 2.34. The van der Waals surface area contributed by atoms with E-state index in [1.165, 1.54) is 6.08 Å². The van der Waals surface area contributed by atoms with E-state index in [0.717, 1.165) is 38.3 Å². The fraction of sp³-hybridized carbons (Fsp3) is 0.500. The predicted molar refractivity (Wildman–Crippen MR) is 79.1 cm³/mol. The van der Waals surface area contributed by atoms with E-state index in [2.05, 4.69) is 17.5 Å². The van der Waals surface area contributed by atoms with E-state index < -0.39 is 0 Å². The summed E-state index contributed by atoms with van der Waals surface area (Å²) in [5.74, 6) is 0.539. The van der Waals surface area contributed by atoms with Gasteiger partial charge in [-0.05, 0) is 18.4 Å². The zero-order valence-corrected chi connectivity index (χ0v) is 12.0. The van der Waals surface area contributed by atoms with Crippen LogP contribution in [0.4, 0.5) is 0 Å². The summed E-state index contributed by atoms with van der Waals surface area (Å²) in [6.45, 7) is 7.20. The van der Waals surface area contributed by atoms with Gasteiger partial charge in [-0.25, -0.2) is 4.79 Å². The lowest BCUT2D eigenvalue weighted by Crippen LogP contribution is -2.47. The molecule has 21 heavy (non-hydrogen) atoms. The first-order chi connectivity index (χ1) is 10.2. The van der Waals surface area contributed by atoms with Crippen molar-refractivity contribution in [2.24, 2.45) is 5.92 Å². The molecule has 0 aromatic carbocycles. The van der Waals surface area contributed by atoms with Gasteiger partial charge in [0.05, 0.1) is 0 Å². The molecule has 0 radical (unpaired) electrons. The molecule has 2 aliphatic rings. The SMILES string of the molecule is C=CC(=O)OCCN1C[C@H]2C[C@@H](C1)c1cccc(=O)n1C2. The molecule has 1 saturated heterocycles. The number of carbonyl (C=O) groups is 1. The van der Waals surface area contributed by atoms with Crippen LogP contribution in [0.5, 0.6) is 0 Å². The Morgan fingerprint density at radius 3 is 3.05 bits per heavy atom. The Morgan fingerprint density at radius 1 is 1.38 bits per heavy atom. The van der Waals surface area contributed by atoms with Gasteiger partial charge < -0.3 is 9.30 Å². The van der Waals surface area contributed by atoms with Crippen molar-refractivity contribution in [3.63, 3.8) is 0 Å². The molecule has 0 amide bonds. The second kappa shape index (κ2) is 5.85. The van der Waals surface area contributed by atoms with Gasteiger partial charge in [-0.2, -0.15) is 0 Å². The minimum atomic E-state index is -0.371. The summed E-state index contributed by atoms with van der Waals surface area (Å²) in [5, 5.41) is 0. The minimum absolute atomic E-state index is 0.107. The maximum Gasteiger partial charge on any atom is 0.330 e. The van der Waals surface area contributed by atoms with Crippen molar-refractivity contribution >= 4 is 5.97 Å². The number of nitrogens with zero attached hydrogens (tertiary/aromatic N) is 2. The second-order valence-electron chi connectivity index (χ2n) is 5.83. The van der Waals surface area contributed by atoms with Gasteiger partial charge in [-0.1, -0.05) is 12.6 Å². The van der Waals surface area contributed by atoms with Crippen LogP contribution >= 0.6 is 0 Å². The van der Waals surface area contributed by atoms with Crippen LogP contribution in [0.2, 0.25) is 0 Å². The zero-order chi connectivity index (χ0) is 14.8. The van der Waals surface area contributed by atoms with E-state index in [4.69, 9.17) is 4.74 Å². The summed E-state index contributed by atoms with van der Waals surface area (Å²) in [6.07, 6.45) is 2.33. The summed E-state index contributed by atoms with van der Waals surface area (Å²) in [7, 11) is 0. The highest BCUT2D eigenvalue weighted by molar-refractivity contribution is 5.81. The van der Waals surface area contributed by atoms with Gasteiger partial charge in [0.25, 0.3) is 5.56 Å². The Morgan fingerprint density at radius 2 is 2.24 bits per heavy atom. The smallest absolute Gasteiger partial charge is 0.330 e. The van der Waals surface area contributed by atoms with Crippen LogP contribution in [-0.4, -0.2) is 41.7 Å². The fourth-order valence-electron chi connectivity index (χ4n) is 3.51. The van der Waals surface area contributed by atoms with Crippen LogP contribution in [0.25, 0.3) is 0 Å². The normalized spacial score (nSPS) is 24.2. The number of likely N-dealkylation sites (tertiary alicyclic amines) is 1. The average Bonchev–Trinajstić information content (AvgIpc) is 2.48. The summed E-state index contributed by atoms with van der Waals surface area (Å²) in [5.41, 5.74) is 1.25. The van der Waals surface area contributed by atoms with Gasteiger partial charge in [-0.3, -0.25) is 9.69 Å². The van der Waals surface area contributed by atoms with E-state index in [0.29, 0.717) is 18.4 Å². The molecule has 0 N–H and O–H groups in total. The van der Waals surface area contributed by atoms with Crippen molar-refractivity contribution in [1.29, 1.82) is 0 Å². The van der Waals surface area contributed by atoms with Crippen LogP contribution in [0.3, 0.4) is 0 Å². The van der Waals surface area contributed by atoms with Crippen LogP contribution in [0.15, 0.2) is 35.6 Å². The number of aromatic nitrogens is 1. The lowest BCUT2D eigenvalue weighted by molar-refractivity contribution is -0.138. The maximum atomic E-state index is 11.9. The van der Waals surface area contributed by atoms with Crippen molar-refractivity contribution in [2.75, 3.05) is 26.2 Å². The molecule has 2 aliphatic heterocycles. The number of hydrogen-bond donors (Lipinski definition) is 0. The van der Waals surface area contributed by atoms with Gasteiger partial charge >= 0.3 is 5.97 Å². The lowest BCUT2D eigenvalue weighted by Gasteiger charge is -2.42. The Kier molecular flexibility index (Phi) is 3.92. The first kappa shape index (κ1) is 14.1. The summed E-state index contributed by atoms with van der Waals surface area (Å²) < 4.78 is 6.98. The molecule has 0 spiro atoms. The third-order valence-corrected chi connectivity index (χ3v) is 4.37. The molecule has 1 aromatic heterocycles. The van der Waals surface area contributed by atoms with E-state index in [1.807, 2.05) is 10.6 Å². The Labute approximate surface area is 123 Å². The maximum absolute atomic E-state index is 11.9. The third kappa shape index (κ3) is 2.93. The highest BCUT2D eigenvalue weighted by atomic mass is 16.5. The number of fused-ring (bicyclic) bond motifs is 4. The van der Waals surface area contributed by atoms with Crippen LogP contribution in [-0.2, 0) is 16.1 Å². The summed E-state index contributed by atoms with van der Waals surface area (Å²) in [4.78, 5) is 25.3. The number of rotatable bonds is 4. The van der Waals surface area contributed by atoms with Gasteiger partial charge in [0.2, 0.25) is 0 Å². The molecule has 2 atom stereocenters. The first-order valence-corrected chi connectivity index (χ1v) is 7.38. The molecule has 3 rings (SSSR count). The number of ether oxygens (including phenoxy) is 1. The third-order valence-electron chi connectivity index (χ3n) is 4.37. The first-order valence-electron chi connectivity index (χ1n) is 7.38. The molecule has 3 heterocycles. The van der Waals surface area contributed by atoms with Crippen LogP contribution in [0.1, 0.15) is 18.0 Å². The van der Waals surface area contributed by atoms with Gasteiger partial charge in [0.15, 0.2) is 0 Å². The minimum Gasteiger partial charge on any atom is -0.461 e. The van der Waals surface area contributed by atoms with Crippen molar-refractivity contribution in [3.05, 3.63) is 46.9 Å². The summed E-state index contributed by atoms with van der Waals surface area (Å²) in [6, 6.07) is 5.54. The molecule has 0 saturated carbocycles. The fourth-order valence-corrected chi connectivity index (χ4v) is 3.51. The molecule has 112 valence electrons. The van der Waals surface area contributed by atoms with E-state index >= 15 is 0 Å². The van der Waals surface area contributed by atoms with Gasteiger partial charge in [0.1, 0.15) is 6.61 Å². The van der Waals surface area contributed by atoms with Gasteiger partial charge in [-0.15, -0.1) is 0 Å². The Balaban J connectivity index is 1.66. The van der Waals surface area contributed by atoms with Crippen molar-refractivity contribution in [3.8, 4) is 0 Å². The number of esters is 1. The highest BCUT2D eigenvalue weighted by Gasteiger charge is 2.34. The molecule has 1 fully saturated rings. The van der Waals surface area contributed by atoms with Crippen molar-refractivity contribution < 1.29 is 9.53 Å². The lowest BCUT2D eigenvalue weighted by atomic mass is 9.83. The molecule has 5 nitrogen and oxygen atoms in total. The average molecular weight is 288 g/mol. The monoisotopic (exact) mass is 288 g/mol. The second-order valence-corrected chi connectivity index (χ2v) is 5.83. The number of hydrogen-bond acceptors (Lipinski definition) is 4.